The number of imidazole rings is 1. The molecule has 1 aromatic rings. The zero-order valence-electron chi connectivity index (χ0n) is 31.8. The topological polar surface area (TPSA) is 19.7 Å². The van der Waals surface area contributed by atoms with Gasteiger partial charge in [0, 0.05) is 0 Å². The van der Waals surface area contributed by atoms with Gasteiger partial charge in [-0.25, -0.2) is 9.55 Å². The summed E-state index contributed by atoms with van der Waals surface area (Å²) in [5.74, 6) is 2.25. The Morgan fingerprint density at radius 2 is 0.711 bits per heavy atom. The van der Waals surface area contributed by atoms with Crippen molar-refractivity contribution in [1.29, 1.82) is 0 Å². The highest BCUT2D eigenvalue weighted by Gasteiger charge is 2.25. The number of H-pyrrole nitrogens is 1. The third kappa shape index (κ3) is 25.0. The molecule has 0 radical (unpaired) electrons. The molecule has 1 rings (SSSR count). The normalized spacial score (nSPS) is 13.1. The Morgan fingerprint density at radius 1 is 0.422 bits per heavy atom. The summed E-state index contributed by atoms with van der Waals surface area (Å²) >= 11 is 0. The molecule has 266 valence electrons. The lowest BCUT2D eigenvalue weighted by Gasteiger charge is -2.17. The van der Waals surface area contributed by atoms with Crippen LogP contribution in [0.1, 0.15) is 264 Å². The largest absolute Gasteiger partial charge is 0.257 e. The molecule has 2 atom stereocenters. The third-order valence-corrected chi connectivity index (χ3v) is 10.6. The van der Waals surface area contributed by atoms with Crippen molar-refractivity contribution in [3.05, 3.63) is 18.2 Å². The van der Waals surface area contributed by atoms with Crippen LogP contribution in [-0.2, 0) is 0 Å². The Balaban J connectivity index is 2.38. The molecule has 2 nitrogen and oxygen atoms in total. The zero-order chi connectivity index (χ0) is 32.5. The Hall–Kier alpha value is -0.790. The van der Waals surface area contributed by atoms with Gasteiger partial charge in [-0.05, 0) is 32.6 Å². The molecule has 0 aromatic carbocycles. The summed E-state index contributed by atoms with van der Waals surface area (Å²) in [6, 6.07) is 0.619. The number of unbranched alkanes of at least 4 members (excludes halogenated alkanes) is 28. The molecule has 1 N–H and O–H groups in total. The second-order valence-corrected chi connectivity index (χ2v) is 15.1. The number of aromatic amines is 1. The fourth-order valence-electron chi connectivity index (χ4n) is 7.49. The Labute approximate surface area is 285 Å². The number of rotatable bonds is 36. The van der Waals surface area contributed by atoms with Gasteiger partial charge >= 0.3 is 0 Å². The maximum atomic E-state index is 3.76. The number of nitrogens with one attached hydrogen (secondary N) is 1. The first-order chi connectivity index (χ1) is 22.2. The van der Waals surface area contributed by atoms with Crippen LogP contribution >= 0.6 is 0 Å². The first kappa shape index (κ1) is 42.2. The summed E-state index contributed by atoms with van der Waals surface area (Å²) < 4.78 is 2.64. The van der Waals surface area contributed by atoms with Crippen molar-refractivity contribution >= 4 is 0 Å². The van der Waals surface area contributed by atoms with Crippen molar-refractivity contribution in [2.24, 2.45) is 0 Å². The summed E-state index contributed by atoms with van der Waals surface area (Å²) in [4.78, 5) is 3.76. The van der Waals surface area contributed by atoms with E-state index in [1.165, 1.54) is 224 Å². The highest BCUT2D eigenvalue weighted by Crippen LogP contribution is 2.27. The van der Waals surface area contributed by atoms with Crippen LogP contribution in [0.5, 0.6) is 0 Å². The minimum absolute atomic E-state index is 0.619. The van der Waals surface area contributed by atoms with Crippen molar-refractivity contribution in [2.75, 3.05) is 0 Å². The van der Waals surface area contributed by atoms with Gasteiger partial charge in [0.05, 0.1) is 12.0 Å². The van der Waals surface area contributed by atoms with E-state index in [9.17, 15) is 0 Å². The lowest BCUT2D eigenvalue weighted by atomic mass is 9.92. The van der Waals surface area contributed by atoms with Gasteiger partial charge in [0.1, 0.15) is 12.4 Å². The third-order valence-electron chi connectivity index (χ3n) is 10.6. The second-order valence-electron chi connectivity index (χ2n) is 15.1. The van der Waals surface area contributed by atoms with E-state index < -0.39 is 0 Å². The van der Waals surface area contributed by atoms with Gasteiger partial charge in [-0.15, -0.1) is 0 Å². The molecule has 2 heteroatoms. The van der Waals surface area contributed by atoms with E-state index in [0.29, 0.717) is 12.0 Å². The summed E-state index contributed by atoms with van der Waals surface area (Å²) in [6.45, 7) is 9.41. The van der Waals surface area contributed by atoms with Gasteiger partial charge in [0.2, 0.25) is 0 Å². The quantitative estimate of drug-likeness (QED) is 0.0563. The molecule has 0 aliphatic carbocycles. The smallest absolute Gasteiger partial charge is 0.247 e. The molecule has 0 spiro atoms. The minimum atomic E-state index is 0.619. The van der Waals surface area contributed by atoms with E-state index in [-0.39, 0.29) is 0 Å². The van der Waals surface area contributed by atoms with Crippen LogP contribution in [0.4, 0.5) is 0 Å². The zero-order valence-corrected chi connectivity index (χ0v) is 31.8. The van der Waals surface area contributed by atoms with Crippen molar-refractivity contribution in [3.63, 3.8) is 0 Å². The highest BCUT2D eigenvalue weighted by molar-refractivity contribution is 4.90. The Morgan fingerprint density at radius 3 is 1.04 bits per heavy atom. The molecule has 0 bridgehead atoms. The number of aromatic nitrogens is 2. The van der Waals surface area contributed by atoms with Crippen molar-refractivity contribution in [3.8, 4) is 0 Å². The molecule has 1 heterocycles. The van der Waals surface area contributed by atoms with Crippen molar-refractivity contribution < 1.29 is 4.57 Å². The van der Waals surface area contributed by atoms with Crippen molar-refractivity contribution in [1.82, 2.24) is 4.98 Å². The number of nitrogens with zero attached hydrogens (tertiary/aromatic N) is 1. The van der Waals surface area contributed by atoms with Crippen LogP contribution in [0.2, 0.25) is 0 Å². The van der Waals surface area contributed by atoms with Gasteiger partial charge in [-0.2, -0.15) is 0 Å². The fourth-order valence-corrected chi connectivity index (χ4v) is 7.49. The average Bonchev–Trinajstić information content (AvgIpc) is 3.54. The predicted octanol–water partition coefficient (Wildman–Crippen LogP) is 15.3. The monoisotopic (exact) mass is 630 g/mol. The van der Waals surface area contributed by atoms with Crippen LogP contribution < -0.4 is 4.57 Å². The molecular weight excluding hydrogens is 544 g/mol. The molecule has 0 amide bonds. The van der Waals surface area contributed by atoms with Crippen LogP contribution in [0.15, 0.2) is 12.4 Å². The highest BCUT2D eigenvalue weighted by atomic mass is 15.1. The second kappa shape index (κ2) is 33.1. The first-order valence-corrected chi connectivity index (χ1v) is 21.3. The molecule has 0 aliphatic heterocycles. The standard InChI is InChI=1S/C43H84N2/c1-5-8-11-14-17-19-21-23-25-27-29-32-35-38-42(37-34-31-28-26-24-22-20-18-15-12-9-6-2)43-44-39-40-45(43)41(4)36-33-30-16-13-10-7-3/h39-42H,5-38H2,1-4H3/p+1. The molecule has 0 aliphatic rings. The van der Waals surface area contributed by atoms with Gasteiger partial charge in [-0.1, -0.05) is 213 Å². The van der Waals surface area contributed by atoms with E-state index in [4.69, 9.17) is 0 Å². The summed E-state index contributed by atoms with van der Waals surface area (Å²) in [7, 11) is 0. The summed E-state index contributed by atoms with van der Waals surface area (Å²) in [6.07, 6.45) is 53.2. The lowest BCUT2D eigenvalue weighted by molar-refractivity contribution is -0.727. The van der Waals surface area contributed by atoms with Gasteiger partial charge in [0.25, 0.3) is 5.82 Å². The SMILES string of the molecule is CCCCCCCCCCCCCCCC(CCCCCCCCCCCCCC)c1[nH]cc[n+]1C(C)CCCCCCCC. The average molecular weight is 630 g/mol. The van der Waals surface area contributed by atoms with E-state index >= 15 is 0 Å². The van der Waals surface area contributed by atoms with Crippen LogP contribution in [-0.4, -0.2) is 4.98 Å². The van der Waals surface area contributed by atoms with E-state index in [2.05, 4.69) is 49.6 Å². The van der Waals surface area contributed by atoms with Crippen LogP contribution in [0.3, 0.4) is 0 Å². The number of hydrogen-bond donors (Lipinski definition) is 1. The molecule has 45 heavy (non-hydrogen) atoms. The number of hydrogen-bond acceptors (Lipinski definition) is 0. The molecule has 0 saturated heterocycles. The van der Waals surface area contributed by atoms with E-state index in [1.807, 2.05) is 0 Å². The Bertz CT molecular complexity index is 694. The lowest BCUT2D eigenvalue weighted by Crippen LogP contribution is -2.41. The van der Waals surface area contributed by atoms with Gasteiger partial charge in [0.15, 0.2) is 0 Å². The first-order valence-electron chi connectivity index (χ1n) is 21.3. The molecule has 1 aromatic heterocycles. The maximum absolute atomic E-state index is 3.76. The van der Waals surface area contributed by atoms with Crippen molar-refractivity contribution in [2.45, 2.75) is 258 Å². The molecular formula is C43H85N2+. The van der Waals surface area contributed by atoms with E-state index in [0.717, 1.165) is 0 Å². The molecule has 2 unspecified atom stereocenters. The summed E-state index contributed by atoms with van der Waals surface area (Å²) in [5, 5.41) is 0. The predicted molar refractivity (Wildman–Crippen MR) is 202 cm³/mol. The summed E-state index contributed by atoms with van der Waals surface area (Å²) in [5.41, 5.74) is 0. The van der Waals surface area contributed by atoms with E-state index in [1.54, 1.807) is 0 Å². The Kier molecular flexibility index (Phi) is 31.1. The van der Waals surface area contributed by atoms with Crippen LogP contribution in [0, 0.1) is 0 Å². The molecule has 0 fully saturated rings. The fraction of sp³-hybridized carbons (Fsp3) is 0.930. The van der Waals surface area contributed by atoms with Crippen LogP contribution in [0.25, 0.3) is 0 Å². The molecule has 0 saturated carbocycles. The van der Waals surface area contributed by atoms with Gasteiger partial charge < -0.3 is 0 Å². The maximum Gasteiger partial charge on any atom is 0.257 e. The minimum Gasteiger partial charge on any atom is -0.247 e. The van der Waals surface area contributed by atoms with Gasteiger partial charge in [-0.3, -0.25) is 0 Å².